The Morgan fingerprint density at radius 1 is 1.28 bits per heavy atom. The Kier molecular flexibility index (Phi) is 3.03. The van der Waals surface area contributed by atoms with Crippen LogP contribution in [0.25, 0.3) is 0 Å². The number of hydrogen-bond donors (Lipinski definition) is 2. The van der Waals surface area contributed by atoms with Gasteiger partial charge in [0.25, 0.3) is 11.8 Å². The lowest BCUT2D eigenvalue weighted by atomic mass is 10.1. The van der Waals surface area contributed by atoms with E-state index in [1.54, 1.807) is 24.3 Å². The van der Waals surface area contributed by atoms with Crippen LogP contribution in [0.3, 0.4) is 0 Å². The maximum Gasteiger partial charge on any atom is 0.267 e. The second-order valence-electron chi connectivity index (χ2n) is 3.88. The molecule has 6 nitrogen and oxygen atoms in total. The molecule has 0 aromatic heterocycles. The monoisotopic (exact) mass is 246 g/mol. The number of carbonyl (C=O) groups is 2. The minimum Gasteiger partial charge on any atom is -0.383 e. The van der Waals surface area contributed by atoms with Gasteiger partial charge in [0.2, 0.25) is 0 Å². The van der Waals surface area contributed by atoms with Crippen LogP contribution in [-0.4, -0.2) is 28.3 Å². The number of fused-ring (bicyclic) bond motifs is 1. The van der Waals surface area contributed by atoms with Crippen molar-refractivity contribution >= 4 is 11.8 Å². The Hall–Kier alpha value is -2.34. The van der Waals surface area contributed by atoms with Crippen molar-refractivity contribution in [2.75, 3.05) is 6.54 Å². The molecule has 2 rings (SSSR count). The molecular formula is C12H14N4O2. The lowest BCUT2D eigenvalue weighted by molar-refractivity contribution is 0.0699. The molecule has 18 heavy (non-hydrogen) atoms. The van der Waals surface area contributed by atoms with Gasteiger partial charge in [-0.2, -0.15) is 0 Å². The quantitative estimate of drug-likeness (QED) is 0.452. The number of nitrogens with two attached hydrogens (primary N) is 2. The molecule has 0 fully saturated rings. The van der Waals surface area contributed by atoms with Gasteiger partial charge in [-0.1, -0.05) is 12.1 Å². The summed E-state index contributed by atoms with van der Waals surface area (Å²) in [5.41, 5.74) is 6.46. The van der Waals surface area contributed by atoms with Crippen molar-refractivity contribution in [3.8, 4) is 0 Å². The number of amides is 2. The van der Waals surface area contributed by atoms with Crippen LogP contribution in [0.2, 0.25) is 0 Å². The molecule has 1 heterocycles. The summed E-state index contributed by atoms with van der Waals surface area (Å²) < 4.78 is 0. The first kappa shape index (κ1) is 12.1. The van der Waals surface area contributed by atoms with Crippen molar-refractivity contribution in [2.45, 2.75) is 6.92 Å². The smallest absolute Gasteiger partial charge is 0.267 e. The third-order valence-corrected chi connectivity index (χ3v) is 2.72. The molecule has 0 atom stereocenters. The summed E-state index contributed by atoms with van der Waals surface area (Å²) in [6, 6.07) is 6.61. The normalized spacial score (nSPS) is 15.0. The third-order valence-electron chi connectivity index (χ3n) is 2.72. The lowest BCUT2D eigenvalue weighted by Crippen LogP contribution is -2.36. The van der Waals surface area contributed by atoms with E-state index in [0.717, 1.165) is 4.90 Å². The van der Waals surface area contributed by atoms with Gasteiger partial charge in [-0.05, 0) is 19.1 Å². The fraction of sp³-hybridized carbons (Fsp3) is 0.167. The molecule has 0 radical (unpaired) electrons. The molecule has 0 bridgehead atoms. The SMILES string of the molecule is CCN(N)/C=C(\N)N1C(=O)c2ccccc2C1=O. The van der Waals surface area contributed by atoms with Crippen molar-refractivity contribution in [1.82, 2.24) is 9.91 Å². The van der Waals surface area contributed by atoms with Crippen LogP contribution in [0.5, 0.6) is 0 Å². The van der Waals surface area contributed by atoms with E-state index >= 15 is 0 Å². The van der Waals surface area contributed by atoms with E-state index in [0.29, 0.717) is 17.7 Å². The molecule has 1 aliphatic rings. The van der Waals surface area contributed by atoms with Crippen LogP contribution in [0.4, 0.5) is 0 Å². The average molecular weight is 246 g/mol. The number of hydrogen-bond acceptors (Lipinski definition) is 5. The highest BCUT2D eigenvalue weighted by Gasteiger charge is 2.36. The highest BCUT2D eigenvalue weighted by Crippen LogP contribution is 2.24. The molecule has 6 heteroatoms. The van der Waals surface area contributed by atoms with Gasteiger partial charge in [0, 0.05) is 6.54 Å². The molecule has 0 unspecified atom stereocenters. The molecule has 0 spiro atoms. The minimum atomic E-state index is -0.422. The summed E-state index contributed by atoms with van der Waals surface area (Å²) in [4.78, 5) is 25.0. The van der Waals surface area contributed by atoms with Gasteiger partial charge >= 0.3 is 0 Å². The number of hydrazine groups is 1. The van der Waals surface area contributed by atoms with Gasteiger partial charge < -0.3 is 10.7 Å². The van der Waals surface area contributed by atoms with E-state index in [-0.39, 0.29) is 5.82 Å². The first-order valence-corrected chi connectivity index (χ1v) is 5.52. The summed E-state index contributed by atoms with van der Waals surface area (Å²) in [6.45, 7) is 2.34. The summed E-state index contributed by atoms with van der Waals surface area (Å²) in [7, 11) is 0. The molecule has 0 saturated carbocycles. The first-order valence-electron chi connectivity index (χ1n) is 5.52. The van der Waals surface area contributed by atoms with Crippen LogP contribution >= 0.6 is 0 Å². The Labute approximate surface area is 104 Å². The molecule has 2 amide bonds. The average Bonchev–Trinajstić information content (AvgIpc) is 2.62. The van der Waals surface area contributed by atoms with Crippen LogP contribution in [-0.2, 0) is 0 Å². The zero-order valence-corrected chi connectivity index (χ0v) is 9.96. The number of carbonyl (C=O) groups excluding carboxylic acids is 2. The Morgan fingerprint density at radius 3 is 2.22 bits per heavy atom. The summed E-state index contributed by atoms with van der Waals surface area (Å²) in [5.74, 6) is 4.74. The second kappa shape index (κ2) is 4.50. The van der Waals surface area contributed by atoms with E-state index in [2.05, 4.69) is 0 Å². The van der Waals surface area contributed by atoms with E-state index in [9.17, 15) is 9.59 Å². The van der Waals surface area contributed by atoms with Crippen LogP contribution in [0, 0.1) is 0 Å². The highest BCUT2D eigenvalue weighted by molar-refractivity contribution is 6.22. The summed E-state index contributed by atoms with van der Waals surface area (Å²) in [6.07, 6.45) is 1.36. The molecule has 1 aliphatic heterocycles. The topological polar surface area (TPSA) is 92.7 Å². The third kappa shape index (κ3) is 1.82. The second-order valence-corrected chi connectivity index (χ2v) is 3.88. The predicted molar refractivity (Wildman–Crippen MR) is 65.8 cm³/mol. The van der Waals surface area contributed by atoms with Crippen molar-refractivity contribution in [1.29, 1.82) is 0 Å². The van der Waals surface area contributed by atoms with Crippen LogP contribution < -0.4 is 11.6 Å². The highest BCUT2D eigenvalue weighted by atomic mass is 16.2. The molecule has 4 N–H and O–H groups in total. The van der Waals surface area contributed by atoms with Crippen LogP contribution in [0.15, 0.2) is 36.3 Å². The van der Waals surface area contributed by atoms with Gasteiger partial charge in [-0.3, -0.25) is 9.59 Å². The van der Waals surface area contributed by atoms with Crippen molar-refractivity contribution in [2.24, 2.45) is 11.6 Å². The zero-order chi connectivity index (χ0) is 13.3. The lowest BCUT2D eigenvalue weighted by Gasteiger charge is -2.17. The molecule has 0 saturated heterocycles. The van der Waals surface area contributed by atoms with Gasteiger partial charge in [-0.15, -0.1) is 0 Å². The predicted octanol–water partition coefficient (Wildman–Crippen LogP) is 0.236. The van der Waals surface area contributed by atoms with Crippen molar-refractivity contribution in [3.63, 3.8) is 0 Å². The molecular weight excluding hydrogens is 232 g/mol. The summed E-state index contributed by atoms with van der Waals surface area (Å²) >= 11 is 0. The standard InChI is InChI=1S/C12H14N4O2/c1-2-15(14)7-10(13)16-11(17)8-5-3-4-6-9(8)12(16)18/h3-7H,2,13-14H2,1H3/b10-7+. The van der Waals surface area contributed by atoms with E-state index in [4.69, 9.17) is 11.6 Å². The minimum absolute atomic E-state index is 0.0190. The summed E-state index contributed by atoms with van der Waals surface area (Å²) in [5, 5.41) is 1.30. The Bertz CT molecular complexity index is 504. The van der Waals surface area contributed by atoms with E-state index in [1.807, 2.05) is 6.92 Å². The van der Waals surface area contributed by atoms with Crippen molar-refractivity contribution in [3.05, 3.63) is 47.4 Å². The molecule has 94 valence electrons. The largest absolute Gasteiger partial charge is 0.383 e. The number of rotatable bonds is 3. The van der Waals surface area contributed by atoms with Gasteiger partial charge in [0.1, 0.15) is 5.82 Å². The van der Waals surface area contributed by atoms with Gasteiger partial charge in [-0.25, -0.2) is 10.7 Å². The number of imide groups is 1. The van der Waals surface area contributed by atoms with E-state index in [1.165, 1.54) is 11.2 Å². The molecule has 0 aliphatic carbocycles. The Morgan fingerprint density at radius 2 is 1.78 bits per heavy atom. The van der Waals surface area contributed by atoms with Gasteiger partial charge in [0.05, 0.1) is 17.3 Å². The first-order chi connectivity index (χ1) is 8.56. The molecule has 1 aromatic carbocycles. The fourth-order valence-corrected chi connectivity index (χ4v) is 1.74. The maximum atomic E-state index is 12.0. The fourth-order valence-electron chi connectivity index (χ4n) is 1.74. The Balaban J connectivity index is 2.37. The number of nitrogens with zero attached hydrogens (tertiary/aromatic N) is 2. The molecule has 1 aromatic rings. The number of benzene rings is 1. The maximum absolute atomic E-state index is 12.0. The zero-order valence-electron chi connectivity index (χ0n) is 9.96. The van der Waals surface area contributed by atoms with E-state index < -0.39 is 11.8 Å². The van der Waals surface area contributed by atoms with Crippen LogP contribution in [0.1, 0.15) is 27.6 Å². The van der Waals surface area contributed by atoms with Crippen molar-refractivity contribution < 1.29 is 9.59 Å². The van der Waals surface area contributed by atoms with Gasteiger partial charge in [0.15, 0.2) is 0 Å².